The minimum Gasteiger partial charge on any atom is -0.493 e. The zero-order chi connectivity index (χ0) is 9.31. The summed E-state index contributed by atoms with van der Waals surface area (Å²) in [6, 6.07) is 3.79. The molecule has 1 aromatic heterocycles. The second-order valence-corrected chi connectivity index (χ2v) is 3.74. The average Bonchev–Trinajstić information content (AvgIpc) is 2.84. The van der Waals surface area contributed by atoms with Crippen molar-refractivity contribution >= 4 is 5.82 Å². The van der Waals surface area contributed by atoms with Crippen LogP contribution in [-0.4, -0.2) is 17.6 Å². The molecule has 3 nitrogen and oxygen atoms in total. The minimum atomic E-state index is 0.252. The Morgan fingerprint density at radius 2 is 2.31 bits per heavy atom. The van der Waals surface area contributed by atoms with E-state index in [1.54, 1.807) is 13.3 Å². The monoisotopic (exact) mass is 178 g/mol. The molecule has 0 spiro atoms. The quantitative estimate of drug-likeness (QED) is 0.769. The van der Waals surface area contributed by atoms with Crippen LogP contribution < -0.4 is 10.1 Å². The predicted octanol–water partition coefficient (Wildman–Crippen LogP) is 2.05. The lowest BCUT2D eigenvalue weighted by atomic mass is 10.3. The Kier molecular flexibility index (Phi) is 1.87. The van der Waals surface area contributed by atoms with Crippen LogP contribution in [0.4, 0.5) is 5.82 Å². The third-order valence-electron chi connectivity index (χ3n) is 2.41. The summed E-state index contributed by atoms with van der Waals surface area (Å²) >= 11 is 0. The molecule has 0 radical (unpaired) electrons. The molecule has 0 aromatic carbocycles. The van der Waals surface area contributed by atoms with E-state index in [2.05, 4.69) is 17.2 Å². The maximum atomic E-state index is 5.19. The van der Waals surface area contributed by atoms with Gasteiger partial charge < -0.3 is 10.1 Å². The third kappa shape index (κ3) is 1.74. The number of methoxy groups -OCH3 is 1. The Morgan fingerprint density at radius 1 is 1.54 bits per heavy atom. The number of aromatic nitrogens is 1. The van der Waals surface area contributed by atoms with Gasteiger partial charge in [0.1, 0.15) is 0 Å². The number of pyridine rings is 1. The zero-order valence-corrected chi connectivity index (χ0v) is 8.00. The zero-order valence-electron chi connectivity index (χ0n) is 8.00. The lowest BCUT2D eigenvalue weighted by Crippen LogP contribution is -2.17. The van der Waals surface area contributed by atoms with E-state index in [1.807, 2.05) is 12.1 Å². The van der Waals surface area contributed by atoms with Crippen LogP contribution in [0.1, 0.15) is 19.8 Å². The molecule has 1 saturated carbocycles. The van der Waals surface area contributed by atoms with Crippen molar-refractivity contribution in [2.45, 2.75) is 25.3 Å². The molecule has 0 atom stereocenters. The molecule has 70 valence electrons. The molecule has 0 aliphatic heterocycles. The Labute approximate surface area is 78.1 Å². The minimum absolute atomic E-state index is 0.252. The van der Waals surface area contributed by atoms with Gasteiger partial charge in [-0.25, -0.2) is 4.98 Å². The summed E-state index contributed by atoms with van der Waals surface area (Å²) in [5, 5.41) is 3.38. The normalized spacial score (nSPS) is 18.0. The average molecular weight is 178 g/mol. The molecule has 0 unspecified atom stereocenters. The van der Waals surface area contributed by atoms with E-state index in [0.717, 1.165) is 11.6 Å². The van der Waals surface area contributed by atoms with E-state index in [-0.39, 0.29) is 5.54 Å². The van der Waals surface area contributed by atoms with Gasteiger partial charge in [-0.2, -0.15) is 0 Å². The van der Waals surface area contributed by atoms with Crippen LogP contribution in [-0.2, 0) is 0 Å². The fourth-order valence-electron chi connectivity index (χ4n) is 1.25. The van der Waals surface area contributed by atoms with E-state index >= 15 is 0 Å². The van der Waals surface area contributed by atoms with E-state index < -0.39 is 0 Å². The highest BCUT2D eigenvalue weighted by Gasteiger charge is 2.37. The van der Waals surface area contributed by atoms with E-state index in [1.165, 1.54) is 12.8 Å². The molecule has 1 fully saturated rings. The first-order valence-corrected chi connectivity index (χ1v) is 4.51. The van der Waals surface area contributed by atoms with Crippen LogP contribution in [0.3, 0.4) is 0 Å². The summed E-state index contributed by atoms with van der Waals surface area (Å²) in [5.74, 6) is 1.67. The number of anilines is 1. The van der Waals surface area contributed by atoms with Crippen LogP contribution in [0.5, 0.6) is 5.75 Å². The summed E-state index contributed by atoms with van der Waals surface area (Å²) in [6.07, 6.45) is 4.20. The molecule has 1 aliphatic rings. The highest BCUT2D eigenvalue weighted by Crippen LogP contribution is 2.39. The van der Waals surface area contributed by atoms with Gasteiger partial charge in [0.2, 0.25) is 0 Å². The smallest absolute Gasteiger partial charge is 0.169 e. The van der Waals surface area contributed by atoms with Crippen LogP contribution in [0, 0.1) is 0 Å². The van der Waals surface area contributed by atoms with Crippen molar-refractivity contribution in [3.63, 3.8) is 0 Å². The van der Waals surface area contributed by atoms with Crippen LogP contribution in [0.15, 0.2) is 18.3 Å². The Balaban J connectivity index is 2.18. The van der Waals surface area contributed by atoms with Gasteiger partial charge in [-0.15, -0.1) is 0 Å². The van der Waals surface area contributed by atoms with E-state index in [4.69, 9.17) is 4.74 Å². The Bertz CT molecular complexity index is 308. The Hall–Kier alpha value is -1.25. The number of nitrogens with zero attached hydrogens (tertiary/aromatic N) is 1. The molecule has 1 aromatic rings. The standard InChI is InChI=1S/C10H14N2O/c1-10(5-6-10)12-9-8(13-2)4-3-7-11-9/h3-4,7H,5-6H2,1-2H3,(H,11,12). The van der Waals surface area contributed by atoms with Gasteiger partial charge in [0.15, 0.2) is 11.6 Å². The molecule has 1 N–H and O–H groups in total. The molecule has 0 saturated heterocycles. The Morgan fingerprint density at radius 3 is 2.92 bits per heavy atom. The van der Waals surface area contributed by atoms with Gasteiger partial charge in [0.25, 0.3) is 0 Å². The number of nitrogens with one attached hydrogen (secondary N) is 1. The maximum Gasteiger partial charge on any atom is 0.169 e. The third-order valence-corrected chi connectivity index (χ3v) is 2.41. The first-order valence-electron chi connectivity index (χ1n) is 4.51. The van der Waals surface area contributed by atoms with Gasteiger partial charge in [0, 0.05) is 11.7 Å². The summed E-state index contributed by atoms with van der Waals surface area (Å²) in [7, 11) is 1.66. The van der Waals surface area contributed by atoms with Crippen molar-refractivity contribution in [3.05, 3.63) is 18.3 Å². The second-order valence-electron chi connectivity index (χ2n) is 3.74. The van der Waals surface area contributed by atoms with Crippen molar-refractivity contribution in [1.82, 2.24) is 4.98 Å². The van der Waals surface area contributed by atoms with Crippen molar-refractivity contribution in [3.8, 4) is 5.75 Å². The summed E-state index contributed by atoms with van der Waals surface area (Å²) in [6.45, 7) is 2.20. The summed E-state index contributed by atoms with van der Waals surface area (Å²) < 4.78 is 5.19. The lowest BCUT2D eigenvalue weighted by Gasteiger charge is -2.14. The van der Waals surface area contributed by atoms with Gasteiger partial charge in [0.05, 0.1) is 7.11 Å². The summed E-state index contributed by atoms with van der Waals surface area (Å²) in [5.41, 5.74) is 0.252. The molecule has 1 heterocycles. The SMILES string of the molecule is COc1cccnc1NC1(C)CC1. The fraction of sp³-hybridized carbons (Fsp3) is 0.500. The topological polar surface area (TPSA) is 34.1 Å². The number of hydrogen-bond donors (Lipinski definition) is 1. The van der Waals surface area contributed by atoms with Gasteiger partial charge in [-0.05, 0) is 31.9 Å². The van der Waals surface area contributed by atoms with E-state index in [9.17, 15) is 0 Å². The second kappa shape index (κ2) is 2.91. The van der Waals surface area contributed by atoms with Gasteiger partial charge in [-0.3, -0.25) is 0 Å². The molecule has 13 heavy (non-hydrogen) atoms. The molecule has 0 amide bonds. The van der Waals surface area contributed by atoms with Crippen molar-refractivity contribution in [2.75, 3.05) is 12.4 Å². The fourth-order valence-corrected chi connectivity index (χ4v) is 1.25. The van der Waals surface area contributed by atoms with Crippen LogP contribution in [0.2, 0.25) is 0 Å². The highest BCUT2D eigenvalue weighted by molar-refractivity contribution is 5.52. The van der Waals surface area contributed by atoms with Crippen LogP contribution >= 0.6 is 0 Å². The van der Waals surface area contributed by atoms with Gasteiger partial charge in [-0.1, -0.05) is 0 Å². The van der Waals surface area contributed by atoms with Gasteiger partial charge >= 0.3 is 0 Å². The first kappa shape index (κ1) is 8.35. The first-order chi connectivity index (χ1) is 6.23. The number of ether oxygens (including phenoxy) is 1. The van der Waals surface area contributed by atoms with Crippen molar-refractivity contribution in [2.24, 2.45) is 0 Å². The predicted molar refractivity (Wildman–Crippen MR) is 52.1 cm³/mol. The van der Waals surface area contributed by atoms with Crippen molar-refractivity contribution in [1.29, 1.82) is 0 Å². The largest absolute Gasteiger partial charge is 0.493 e. The molecule has 1 aliphatic carbocycles. The molecule has 2 rings (SSSR count). The maximum absolute atomic E-state index is 5.19. The van der Waals surface area contributed by atoms with Crippen LogP contribution in [0.25, 0.3) is 0 Å². The lowest BCUT2D eigenvalue weighted by molar-refractivity contribution is 0.414. The number of rotatable bonds is 3. The molecular formula is C10H14N2O. The molecule has 3 heteroatoms. The summed E-state index contributed by atoms with van der Waals surface area (Å²) in [4.78, 5) is 4.24. The molecule has 0 bridgehead atoms. The molecular weight excluding hydrogens is 164 g/mol. The highest BCUT2D eigenvalue weighted by atomic mass is 16.5. The van der Waals surface area contributed by atoms with Crippen molar-refractivity contribution < 1.29 is 4.74 Å². The van der Waals surface area contributed by atoms with E-state index in [0.29, 0.717) is 0 Å². The number of hydrogen-bond acceptors (Lipinski definition) is 3.